The van der Waals surface area contributed by atoms with E-state index in [1.165, 1.54) is 12.8 Å². The first-order chi connectivity index (χ1) is 4.90. The van der Waals surface area contributed by atoms with Crippen molar-refractivity contribution in [2.75, 3.05) is 7.11 Å². The van der Waals surface area contributed by atoms with Crippen molar-refractivity contribution in [3.8, 4) is 5.75 Å². The Morgan fingerprint density at radius 2 is 2.50 bits per heavy atom. The van der Waals surface area contributed by atoms with E-state index in [0.717, 1.165) is 5.75 Å². The summed E-state index contributed by atoms with van der Waals surface area (Å²) in [6, 6.07) is 0.656. The molecule has 1 aliphatic rings. The predicted octanol–water partition coefficient (Wildman–Crippen LogP) is 1.23. The summed E-state index contributed by atoms with van der Waals surface area (Å²) in [5, 5.41) is 4.14. The van der Waals surface area contributed by atoms with Gasteiger partial charge in [-0.15, -0.1) is 0 Å². The Hall–Kier alpha value is -0.990. The molecule has 0 radical (unpaired) electrons. The van der Waals surface area contributed by atoms with Gasteiger partial charge in [-0.1, -0.05) is 0 Å². The van der Waals surface area contributed by atoms with E-state index in [9.17, 15) is 0 Å². The lowest BCUT2D eigenvalue weighted by Gasteiger charge is -1.92. The molecule has 1 aromatic heterocycles. The topological polar surface area (TPSA) is 27.1 Å². The highest BCUT2D eigenvalue weighted by Gasteiger charge is 2.24. The lowest BCUT2D eigenvalue weighted by Crippen LogP contribution is -1.91. The van der Waals surface area contributed by atoms with E-state index < -0.39 is 0 Å². The maximum atomic E-state index is 4.99. The first-order valence-corrected chi connectivity index (χ1v) is 3.48. The summed E-state index contributed by atoms with van der Waals surface area (Å²) in [4.78, 5) is 0. The Labute approximate surface area is 59.6 Å². The third-order valence-corrected chi connectivity index (χ3v) is 1.73. The van der Waals surface area contributed by atoms with Gasteiger partial charge in [0.25, 0.3) is 0 Å². The number of hydrogen-bond donors (Lipinski definition) is 0. The third kappa shape index (κ3) is 0.875. The molecular formula is C7H10N2O. The zero-order chi connectivity index (χ0) is 6.97. The van der Waals surface area contributed by atoms with Gasteiger partial charge in [0.05, 0.1) is 25.5 Å². The molecule has 0 bridgehead atoms. The van der Waals surface area contributed by atoms with E-state index in [1.807, 2.05) is 10.9 Å². The molecule has 0 amide bonds. The van der Waals surface area contributed by atoms with Gasteiger partial charge in [0.2, 0.25) is 0 Å². The van der Waals surface area contributed by atoms with Crippen LogP contribution in [-0.4, -0.2) is 16.9 Å². The molecule has 0 N–H and O–H groups in total. The molecular weight excluding hydrogens is 128 g/mol. The smallest absolute Gasteiger partial charge is 0.156 e. The van der Waals surface area contributed by atoms with E-state index in [2.05, 4.69) is 5.10 Å². The van der Waals surface area contributed by atoms with Crippen LogP contribution in [0.15, 0.2) is 12.4 Å². The minimum absolute atomic E-state index is 0.656. The fourth-order valence-corrected chi connectivity index (χ4v) is 0.965. The number of ether oxygens (including phenoxy) is 1. The highest BCUT2D eigenvalue weighted by Crippen LogP contribution is 2.34. The minimum Gasteiger partial charge on any atom is -0.493 e. The SMILES string of the molecule is COc1cnn(C2CC2)c1. The second-order valence-corrected chi connectivity index (χ2v) is 2.59. The minimum atomic E-state index is 0.656. The first kappa shape index (κ1) is 5.77. The van der Waals surface area contributed by atoms with Crippen molar-refractivity contribution in [2.24, 2.45) is 0 Å². The zero-order valence-electron chi connectivity index (χ0n) is 5.95. The number of nitrogens with zero attached hydrogens (tertiary/aromatic N) is 2. The van der Waals surface area contributed by atoms with Gasteiger partial charge in [0.15, 0.2) is 5.75 Å². The third-order valence-electron chi connectivity index (χ3n) is 1.73. The van der Waals surface area contributed by atoms with Crippen LogP contribution in [0.1, 0.15) is 18.9 Å². The summed E-state index contributed by atoms with van der Waals surface area (Å²) in [6.45, 7) is 0. The molecule has 1 aromatic rings. The van der Waals surface area contributed by atoms with Crippen molar-refractivity contribution < 1.29 is 4.74 Å². The Balaban J connectivity index is 2.19. The van der Waals surface area contributed by atoms with Crippen molar-refractivity contribution in [3.05, 3.63) is 12.4 Å². The second kappa shape index (κ2) is 2.01. The monoisotopic (exact) mass is 138 g/mol. The fourth-order valence-electron chi connectivity index (χ4n) is 0.965. The standard InChI is InChI=1S/C7H10N2O/c1-10-7-4-8-9(5-7)6-2-3-6/h4-6H,2-3H2,1H3. The van der Waals surface area contributed by atoms with Gasteiger partial charge < -0.3 is 4.74 Å². The van der Waals surface area contributed by atoms with E-state index in [0.29, 0.717) is 6.04 Å². The van der Waals surface area contributed by atoms with E-state index in [4.69, 9.17) is 4.74 Å². The molecule has 10 heavy (non-hydrogen) atoms. The Morgan fingerprint density at radius 1 is 1.70 bits per heavy atom. The lowest BCUT2D eigenvalue weighted by atomic mass is 10.6. The van der Waals surface area contributed by atoms with Crippen molar-refractivity contribution in [1.82, 2.24) is 9.78 Å². The van der Waals surface area contributed by atoms with Crippen LogP contribution in [0.3, 0.4) is 0 Å². The largest absolute Gasteiger partial charge is 0.493 e. The number of hydrogen-bond acceptors (Lipinski definition) is 2. The molecule has 0 spiro atoms. The van der Waals surface area contributed by atoms with Gasteiger partial charge >= 0.3 is 0 Å². The summed E-state index contributed by atoms with van der Waals surface area (Å²) >= 11 is 0. The Bertz CT molecular complexity index is 227. The number of rotatable bonds is 2. The van der Waals surface area contributed by atoms with Gasteiger partial charge in [-0.05, 0) is 12.8 Å². The summed E-state index contributed by atoms with van der Waals surface area (Å²) in [7, 11) is 1.66. The van der Waals surface area contributed by atoms with Crippen LogP contribution < -0.4 is 4.74 Å². The van der Waals surface area contributed by atoms with Crippen molar-refractivity contribution in [2.45, 2.75) is 18.9 Å². The molecule has 54 valence electrons. The van der Waals surface area contributed by atoms with Gasteiger partial charge in [-0.2, -0.15) is 5.10 Å². The Morgan fingerprint density at radius 3 is 3.00 bits per heavy atom. The average Bonchev–Trinajstić information content (AvgIpc) is 2.70. The maximum absolute atomic E-state index is 4.99. The fraction of sp³-hybridized carbons (Fsp3) is 0.571. The molecule has 3 nitrogen and oxygen atoms in total. The molecule has 0 unspecified atom stereocenters. The average molecular weight is 138 g/mol. The molecule has 0 saturated heterocycles. The van der Waals surface area contributed by atoms with Crippen LogP contribution in [0.4, 0.5) is 0 Å². The molecule has 0 aliphatic heterocycles. The quantitative estimate of drug-likeness (QED) is 0.614. The van der Waals surface area contributed by atoms with E-state index in [-0.39, 0.29) is 0 Å². The summed E-state index contributed by atoms with van der Waals surface area (Å²) in [6.07, 6.45) is 6.23. The summed E-state index contributed by atoms with van der Waals surface area (Å²) in [5.41, 5.74) is 0. The molecule has 1 heterocycles. The molecule has 2 rings (SSSR count). The van der Waals surface area contributed by atoms with Crippen molar-refractivity contribution >= 4 is 0 Å². The van der Waals surface area contributed by atoms with Gasteiger partial charge in [-0.3, -0.25) is 4.68 Å². The summed E-state index contributed by atoms with van der Waals surface area (Å²) < 4.78 is 6.96. The molecule has 3 heteroatoms. The molecule has 1 fully saturated rings. The molecule has 0 aromatic carbocycles. The van der Waals surface area contributed by atoms with Crippen LogP contribution in [0.5, 0.6) is 5.75 Å². The van der Waals surface area contributed by atoms with Crippen LogP contribution in [0.2, 0.25) is 0 Å². The van der Waals surface area contributed by atoms with Gasteiger partial charge in [0, 0.05) is 0 Å². The van der Waals surface area contributed by atoms with Gasteiger partial charge in [0.1, 0.15) is 0 Å². The maximum Gasteiger partial charge on any atom is 0.156 e. The van der Waals surface area contributed by atoms with E-state index in [1.54, 1.807) is 13.3 Å². The highest BCUT2D eigenvalue weighted by molar-refractivity contribution is 5.12. The van der Waals surface area contributed by atoms with E-state index >= 15 is 0 Å². The highest BCUT2D eigenvalue weighted by atomic mass is 16.5. The molecule has 1 saturated carbocycles. The van der Waals surface area contributed by atoms with Crippen LogP contribution in [-0.2, 0) is 0 Å². The lowest BCUT2D eigenvalue weighted by molar-refractivity contribution is 0.414. The second-order valence-electron chi connectivity index (χ2n) is 2.59. The normalized spacial score (nSPS) is 17.3. The molecule has 1 aliphatic carbocycles. The van der Waals surface area contributed by atoms with Crippen molar-refractivity contribution in [3.63, 3.8) is 0 Å². The zero-order valence-corrected chi connectivity index (χ0v) is 5.95. The first-order valence-electron chi connectivity index (χ1n) is 3.48. The van der Waals surface area contributed by atoms with Crippen LogP contribution in [0.25, 0.3) is 0 Å². The predicted molar refractivity (Wildman–Crippen MR) is 37.1 cm³/mol. The van der Waals surface area contributed by atoms with Crippen molar-refractivity contribution in [1.29, 1.82) is 0 Å². The van der Waals surface area contributed by atoms with Gasteiger partial charge in [-0.25, -0.2) is 0 Å². The van der Waals surface area contributed by atoms with Crippen LogP contribution in [0, 0.1) is 0 Å². The molecule has 0 atom stereocenters. The Kier molecular flexibility index (Phi) is 1.16. The number of aromatic nitrogens is 2. The summed E-state index contributed by atoms with van der Waals surface area (Å²) in [5.74, 6) is 0.854. The number of methoxy groups -OCH3 is 1. The van der Waals surface area contributed by atoms with Crippen LogP contribution >= 0.6 is 0 Å².